The number of hydrogen-bond donors (Lipinski definition) is 1. The van der Waals surface area contributed by atoms with Gasteiger partial charge in [-0.3, -0.25) is 0 Å². The van der Waals surface area contributed by atoms with Crippen molar-refractivity contribution in [2.45, 2.75) is 33.4 Å². The number of nitrogens with two attached hydrogens (primary N) is 1. The van der Waals surface area contributed by atoms with Crippen LogP contribution < -0.4 is 5.73 Å². The molecule has 2 N–H and O–H groups in total. The molecule has 134 valence electrons. The van der Waals surface area contributed by atoms with Crippen LogP contribution in [0.5, 0.6) is 0 Å². The van der Waals surface area contributed by atoms with Crippen LogP contribution in [0.4, 0.5) is 5.82 Å². The highest BCUT2D eigenvalue weighted by Crippen LogP contribution is 2.14. The van der Waals surface area contributed by atoms with Gasteiger partial charge in [-0.15, -0.1) is 5.10 Å². The van der Waals surface area contributed by atoms with Gasteiger partial charge in [0, 0.05) is 11.8 Å². The number of aromatic nitrogens is 5. The maximum absolute atomic E-state index is 12.1. The van der Waals surface area contributed by atoms with Gasteiger partial charge in [-0.2, -0.15) is 0 Å². The van der Waals surface area contributed by atoms with Gasteiger partial charge in [0.15, 0.2) is 0 Å². The van der Waals surface area contributed by atoms with Gasteiger partial charge in [0.25, 0.3) is 0 Å². The molecule has 2 aromatic heterocycles. The largest absolute Gasteiger partial charge is 0.455 e. The average Bonchev–Trinajstić information content (AvgIpc) is 3.04. The van der Waals surface area contributed by atoms with Crippen LogP contribution in [0, 0.1) is 6.92 Å². The van der Waals surface area contributed by atoms with Crippen LogP contribution in [-0.2, 0) is 24.3 Å². The third-order valence-electron chi connectivity index (χ3n) is 3.94. The third kappa shape index (κ3) is 3.85. The SMILES string of the molecule is CCc1c(COC(=O)c2ccccc2)nnn1Cc1cnc(C)nc1N. The van der Waals surface area contributed by atoms with E-state index in [1.54, 1.807) is 42.1 Å². The number of aryl methyl sites for hydroxylation is 1. The number of carbonyl (C=O) groups excluding carboxylic acids is 1. The summed E-state index contributed by atoms with van der Waals surface area (Å²) in [5.74, 6) is 0.652. The molecular formula is C18H20N6O2. The first-order chi connectivity index (χ1) is 12.6. The fourth-order valence-electron chi connectivity index (χ4n) is 2.58. The first kappa shape index (κ1) is 17.5. The predicted octanol–water partition coefficient (Wildman–Crippen LogP) is 1.93. The molecule has 0 aliphatic carbocycles. The van der Waals surface area contributed by atoms with Crippen molar-refractivity contribution in [2.24, 2.45) is 0 Å². The number of hydrogen-bond acceptors (Lipinski definition) is 7. The molecule has 26 heavy (non-hydrogen) atoms. The Labute approximate surface area is 151 Å². The minimum Gasteiger partial charge on any atom is -0.455 e. The smallest absolute Gasteiger partial charge is 0.338 e. The van der Waals surface area contributed by atoms with Gasteiger partial charge in [-0.05, 0) is 25.5 Å². The summed E-state index contributed by atoms with van der Waals surface area (Å²) in [6, 6.07) is 8.84. The third-order valence-corrected chi connectivity index (χ3v) is 3.94. The van der Waals surface area contributed by atoms with Gasteiger partial charge in [0.05, 0.1) is 17.8 Å². The highest BCUT2D eigenvalue weighted by Gasteiger charge is 2.15. The van der Waals surface area contributed by atoms with Gasteiger partial charge in [0.2, 0.25) is 0 Å². The van der Waals surface area contributed by atoms with E-state index in [0.29, 0.717) is 35.9 Å². The number of anilines is 1. The standard InChI is InChI=1S/C18H20N6O2/c1-3-16-15(11-26-18(25)13-7-5-4-6-8-13)22-23-24(16)10-14-9-20-12(2)21-17(14)19/h4-9H,3,10-11H2,1-2H3,(H2,19,20,21). The average molecular weight is 352 g/mol. The molecule has 1 aromatic carbocycles. The van der Waals surface area contributed by atoms with Gasteiger partial charge in [-0.1, -0.05) is 30.3 Å². The van der Waals surface area contributed by atoms with Gasteiger partial charge >= 0.3 is 5.97 Å². The highest BCUT2D eigenvalue weighted by atomic mass is 16.5. The van der Waals surface area contributed by atoms with Crippen molar-refractivity contribution in [3.8, 4) is 0 Å². The lowest BCUT2D eigenvalue weighted by Gasteiger charge is -2.08. The highest BCUT2D eigenvalue weighted by molar-refractivity contribution is 5.89. The van der Waals surface area contributed by atoms with Crippen molar-refractivity contribution < 1.29 is 9.53 Å². The Hall–Kier alpha value is -3.29. The predicted molar refractivity (Wildman–Crippen MR) is 95.2 cm³/mol. The van der Waals surface area contributed by atoms with E-state index in [0.717, 1.165) is 11.3 Å². The summed E-state index contributed by atoms with van der Waals surface area (Å²) in [6.07, 6.45) is 2.38. The molecule has 0 spiro atoms. The summed E-state index contributed by atoms with van der Waals surface area (Å²) in [7, 11) is 0. The molecule has 0 saturated heterocycles. The molecule has 3 rings (SSSR count). The molecule has 3 aromatic rings. The fraction of sp³-hybridized carbons (Fsp3) is 0.278. The first-order valence-electron chi connectivity index (χ1n) is 8.30. The van der Waals surface area contributed by atoms with Crippen molar-refractivity contribution in [1.82, 2.24) is 25.0 Å². The van der Waals surface area contributed by atoms with Crippen molar-refractivity contribution in [1.29, 1.82) is 0 Å². The Balaban J connectivity index is 1.73. The zero-order valence-electron chi connectivity index (χ0n) is 14.7. The van der Waals surface area contributed by atoms with Crippen LogP contribution >= 0.6 is 0 Å². The molecular weight excluding hydrogens is 332 g/mol. The molecule has 0 radical (unpaired) electrons. The molecule has 0 atom stereocenters. The number of benzene rings is 1. The summed E-state index contributed by atoms with van der Waals surface area (Å²) in [4.78, 5) is 20.4. The second kappa shape index (κ2) is 7.73. The van der Waals surface area contributed by atoms with E-state index in [4.69, 9.17) is 10.5 Å². The Kier molecular flexibility index (Phi) is 5.21. The van der Waals surface area contributed by atoms with E-state index in [1.165, 1.54) is 0 Å². The number of ether oxygens (including phenoxy) is 1. The minimum absolute atomic E-state index is 0.0663. The van der Waals surface area contributed by atoms with Crippen molar-refractivity contribution in [3.05, 3.63) is 64.9 Å². The fourth-order valence-corrected chi connectivity index (χ4v) is 2.58. The van der Waals surface area contributed by atoms with Crippen LogP contribution in [0.1, 0.15) is 40.1 Å². The maximum atomic E-state index is 12.1. The summed E-state index contributed by atoms with van der Waals surface area (Å²) < 4.78 is 7.09. The first-order valence-corrected chi connectivity index (χ1v) is 8.30. The molecule has 0 amide bonds. The van der Waals surface area contributed by atoms with Gasteiger partial charge < -0.3 is 10.5 Å². The molecule has 8 nitrogen and oxygen atoms in total. The van der Waals surface area contributed by atoms with Crippen LogP contribution in [0.25, 0.3) is 0 Å². The zero-order chi connectivity index (χ0) is 18.5. The van der Waals surface area contributed by atoms with Gasteiger partial charge in [-0.25, -0.2) is 19.4 Å². The second-order valence-electron chi connectivity index (χ2n) is 5.76. The van der Waals surface area contributed by atoms with Crippen molar-refractivity contribution in [2.75, 3.05) is 5.73 Å². The summed E-state index contributed by atoms with van der Waals surface area (Å²) in [5, 5.41) is 8.31. The molecule has 0 bridgehead atoms. The van der Waals surface area contributed by atoms with Crippen LogP contribution in [0.15, 0.2) is 36.5 Å². The van der Waals surface area contributed by atoms with E-state index in [-0.39, 0.29) is 6.61 Å². The lowest BCUT2D eigenvalue weighted by Crippen LogP contribution is -2.11. The molecule has 8 heteroatoms. The molecule has 2 heterocycles. The van der Waals surface area contributed by atoms with E-state index in [2.05, 4.69) is 20.3 Å². The lowest BCUT2D eigenvalue weighted by molar-refractivity contribution is 0.0466. The van der Waals surface area contributed by atoms with E-state index < -0.39 is 5.97 Å². The number of nitrogens with zero attached hydrogens (tertiary/aromatic N) is 5. The van der Waals surface area contributed by atoms with E-state index in [1.807, 2.05) is 13.0 Å². The van der Waals surface area contributed by atoms with Crippen molar-refractivity contribution in [3.63, 3.8) is 0 Å². The molecule has 0 unspecified atom stereocenters. The minimum atomic E-state index is -0.390. The van der Waals surface area contributed by atoms with E-state index >= 15 is 0 Å². The zero-order valence-corrected chi connectivity index (χ0v) is 14.7. The summed E-state index contributed by atoms with van der Waals surface area (Å²) >= 11 is 0. The Morgan fingerprint density at radius 2 is 2.04 bits per heavy atom. The van der Waals surface area contributed by atoms with Crippen LogP contribution in [-0.4, -0.2) is 30.9 Å². The maximum Gasteiger partial charge on any atom is 0.338 e. The Morgan fingerprint density at radius 1 is 1.27 bits per heavy atom. The normalized spacial score (nSPS) is 10.7. The Bertz CT molecular complexity index is 907. The monoisotopic (exact) mass is 352 g/mol. The van der Waals surface area contributed by atoms with Crippen molar-refractivity contribution >= 4 is 11.8 Å². The van der Waals surface area contributed by atoms with Crippen LogP contribution in [0.3, 0.4) is 0 Å². The molecule has 0 fully saturated rings. The van der Waals surface area contributed by atoms with E-state index in [9.17, 15) is 4.79 Å². The number of carbonyl (C=O) groups is 1. The molecule has 0 saturated carbocycles. The number of esters is 1. The quantitative estimate of drug-likeness (QED) is 0.675. The Morgan fingerprint density at radius 3 is 2.73 bits per heavy atom. The van der Waals surface area contributed by atoms with Crippen LogP contribution in [0.2, 0.25) is 0 Å². The number of nitrogen functional groups attached to an aromatic ring is 1. The van der Waals surface area contributed by atoms with Gasteiger partial charge in [0.1, 0.15) is 23.9 Å². The second-order valence-corrected chi connectivity index (χ2v) is 5.76. The molecule has 0 aliphatic rings. The topological polar surface area (TPSA) is 109 Å². The summed E-state index contributed by atoms with van der Waals surface area (Å²) in [6.45, 7) is 4.25. The molecule has 0 aliphatic heterocycles. The lowest BCUT2D eigenvalue weighted by atomic mass is 10.2. The number of rotatable bonds is 6. The summed E-state index contributed by atoms with van der Waals surface area (Å²) in [5.41, 5.74) is 8.73.